The molecule has 1 N–H and O–H groups in total. The quantitative estimate of drug-likeness (QED) is 0.369. The number of benzene rings is 2. The Morgan fingerprint density at radius 2 is 1.83 bits per heavy atom. The standard InChI is InChI=1S/C18H18FNO3/c1-22-18(21)16(11-15-9-5-6-10-17(15)19)12-20-23-13-14-7-3-2-4-8-14/h2-11,20H,12-13H2,1H3/b16-11+. The lowest BCUT2D eigenvalue weighted by Gasteiger charge is -2.09. The summed E-state index contributed by atoms with van der Waals surface area (Å²) in [7, 11) is 1.28. The fraction of sp³-hybridized carbons (Fsp3) is 0.167. The highest BCUT2D eigenvalue weighted by Crippen LogP contribution is 2.12. The van der Waals surface area contributed by atoms with Gasteiger partial charge in [0.2, 0.25) is 0 Å². The van der Waals surface area contributed by atoms with Crippen molar-refractivity contribution in [2.45, 2.75) is 6.61 Å². The Kier molecular flexibility index (Phi) is 6.47. The minimum Gasteiger partial charge on any atom is -0.466 e. The number of carbonyl (C=O) groups excluding carboxylic acids is 1. The molecule has 23 heavy (non-hydrogen) atoms. The highest BCUT2D eigenvalue weighted by atomic mass is 19.1. The van der Waals surface area contributed by atoms with Gasteiger partial charge >= 0.3 is 5.97 Å². The molecule has 0 saturated heterocycles. The summed E-state index contributed by atoms with van der Waals surface area (Å²) in [6.07, 6.45) is 1.44. The van der Waals surface area contributed by atoms with Gasteiger partial charge in [-0.3, -0.25) is 4.84 Å². The number of ether oxygens (including phenoxy) is 1. The van der Waals surface area contributed by atoms with Crippen molar-refractivity contribution in [3.8, 4) is 0 Å². The maximum Gasteiger partial charge on any atom is 0.335 e. The van der Waals surface area contributed by atoms with Crippen LogP contribution in [0, 0.1) is 5.82 Å². The van der Waals surface area contributed by atoms with E-state index < -0.39 is 11.8 Å². The minimum atomic E-state index is -0.538. The van der Waals surface area contributed by atoms with Crippen LogP contribution >= 0.6 is 0 Å². The number of hydroxylamine groups is 1. The topological polar surface area (TPSA) is 47.6 Å². The molecule has 5 heteroatoms. The van der Waals surface area contributed by atoms with Crippen LogP contribution in [0.15, 0.2) is 60.2 Å². The molecule has 0 aliphatic heterocycles. The molecule has 120 valence electrons. The first-order chi connectivity index (χ1) is 11.2. The maximum atomic E-state index is 13.7. The summed E-state index contributed by atoms with van der Waals surface area (Å²) in [4.78, 5) is 17.1. The normalized spacial score (nSPS) is 11.3. The molecule has 0 radical (unpaired) electrons. The van der Waals surface area contributed by atoms with Crippen LogP contribution in [0.1, 0.15) is 11.1 Å². The average Bonchev–Trinajstić information content (AvgIpc) is 2.59. The number of halogens is 1. The van der Waals surface area contributed by atoms with Crippen molar-refractivity contribution >= 4 is 12.0 Å². The van der Waals surface area contributed by atoms with Gasteiger partial charge in [-0.2, -0.15) is 5.48 Å². The first-order valence-corrected chi connectivity index (χ1v) is 7.12. The van der Waals surface area contributed by atoms with Gasteiger partial charge in [0.15, 0.2) is 0 Å². The fourth-order valence-corrected chi connectivity index (χ4v) is 1.93. The molecule has 0 unspecified atom stereocenters. The van der Waals surface area contributed by atoms with Gasteiger partial charge in [0.25, 0.3) is 0 Å². The lowest BCUT2D eigenvalue weighted by atomic mass is 10.1. The van der Waals surface area contributed by atoms with Crippen LogP contribution in [0.3, 0.4) is 0 Å². The number of methoxy groups -OCH3 is 1. The number of nitrogens with one attached hydrogen (secondary N) is 1. The van der Waals surface area contributed by atoms with E-state index in [9.17, 15) is 9.18 Å². The molecule has 0 heterocycles. The Morgan fingerprint density at radius 3 is 2.52 bits per heavy atom. The number of esters is 1. The molecule has 0 aliphatic rings. The Bertz CT molecular complexity index is 671. The van der Waals surface area contributed by atoms with Gasteiger partial charge in [-0.15, -0.1) is 0 Å². The molecule has 2 aromatic carbocycles. The van der Waals surface area contributed by atoms with Crippen LogP contribution < -0.4 is 5.48 Å². The van der Waals surface area contributed by atoms with Crippen molar-refractivity contribution in [2.75, 3.05) is 13.7 Å². The van der Waals surface area contributed by atoms with E-state index in [0.29, 0.717) is 12.2 Å². The number of rotatable bonds is 7. The van der Waals surface area contributed by atoms with E-state index in [0.717, 1.165) is 5.56 Å². The summed E-state index contributed by atoms with van der Waals surface area (Å²) >= 11 is 0. The largest absolute Gasteiger partial charge is 0.466 e. The third-order valence-corrected chi connectivity index (χ3v) is 3.13. The van der Waals surface area contributed by atoms with E-state index in [1.807, 2.05) is 30.3 Å². The molecule has 0 atom stereocenters. The Hall–Kier alpha value is -2.50. The zero-order chi connectivity index (χ0) is 16.5. The number of hydrogen-bond donors (Lipinski definition) is 1. The molecule has 0 spiro atoms. The summed E-state index contributed by atoms with van der Waals surface area (Å²) in [6, 6.07) is 15.8. The molecule has 0 saturated carbocycles. The highest BCUT2D eigenvalue weighted by Gasteiger charge is 2.11. The van der Waals surface area contributed by atoms with Gasteiger partial charge in [0.1, 0.15) is 5.82 Å². The number of hydrogen-bond acceptors (Lipinski definition) is 4. The fourth-order valence-electron chi connectivity index (χ4n) is 1.93. The molecule has 2 rings (SSSR count). The third-order valence-electron chi connectivity index (χ3n) is 3.13. The van der Waals surface area contributed by atoms with Gasteiger partial charge in [0, 0.05) is 5.56 Å². The van der Waals surface area contributed by atoms with Gasteiger partial charge in [-0.1, -0.05) is 48.5 Å². The molecular weight excluding hydrogens is 297 g/mol. The molecular formula is C18H18FNO3. The molecule has 4 nitrogen and oxygen atoms in total. The van der Waals surface area contributed by atoms with Crippen molar-refractivity contribution in [3.63, 3.8) is 0 Å². The van der Waals surface area contributed by atoms with E-state index in [4.69, 9.17) is 9.57 Å². The van der Waals surface area contributed by atoms with Gasteiger partial charge in [0.05, 0.1) is 25.8 Å². The van der Waals surface area contributed by atoms with E-state index >= 15 is 0 Å². The van der Waals surface area contributed by atoms with Crippen molar-refractivity contribution < 1.29 is 18.8 Å². The van der Waals surface area contributed by atoms with Crippen molar-refractivity contribution in [3.05, 3.63) is 77.1 Å². The van der Waals surface area contributed by atoms with Crippen LogP contribution in [0.2, 0.25) is 0 Å². The van der Waals surface area contributed by atoms with Crippen molar-refractivity contribution in [2.24, 2.45) is 0 Å². The molecule has 2 aromatic rings. The highest BCUT2D eigenvalue weighted by molar-refractivity contribution is 5.94. The van der Waals surface area contributed by atoms with Crippen LogP contribution in [0.5, 0.6) is 0 Å². The Labute approximate surface area is 134 Å². The zero-order valence-corrected chi connectivity index (χ0v) is 12.8. The van der Waals surface area contributed by atoms with Gasteiger partial charge in [-0.25, -0.2) is 9.18 Å². The minimum absolute atomic E-state index is 0.105. The summed E-state index contributed by atoms with van der Waals surface area (Å²) in [5.41, 5.74) is 4.28. The maximum absolute atomic E-state index is 13.7. The SMILES string of the molecule is COC(=O)/C(=C/c1ccccc1F)CNOCc1ccccc1. The first kappa shape index (κ1) is 16.9. The van der Waals surface area contributed by atoms with E-state index in [1.165, 1.54) is 19.3 Å². The summed E-state index contributed by atoms with van der Waals surface area (Å²) in [5.74, 6) is -0.942. The third kappa shape index (κ3) is 5.32. The summed E-state index contributed by atoms with van der Waals surface area (Å²) < 4.78 is 18.4. The lowest BCUT2D eigenvalue weighted by Crippen LogP contribution is -2.22. The zero-order valence-electron chi connectivity index (χ0n) is 12.8. The number of carbonyl (C=O) groups is 1. The predicted molar refractivity (Wildman–Crippen MR) is 85.6 cm³/mol. The van der Waals surface area contributed by atoms with Crippen molar-refractivity contribution in [1.29, 1.82) is 0 Å². The smallest absolute Gasteiger partial charge is 0.335 e. The van der Waals surface area contributed by atoms with Crippen LogP contribution in [0.25, 0.3) is 6.08 Å². The summed E-state index contributed by atoms with van der Waals surface area (Å²) in [6.45, 7) is 0.461. The van der Waals surface area contributed by atoms with Crippen LogP contribution in [-0.4, -0.2) is 19.6 Å². The summed E-state index contributed by atoms with van der Waals surface area (Å²) in [5, 5.41) is 0. The molecule has 0 aromatic heterocycles. The van der Waals surface area contributed by atoms with E-state index in [1.54, 1.807) is 18.2 Å². The first-order valence-electron chi connectivity index (χ1n) is 7.12. The van der Waals surface area contributed by atoms with Crippen molar-refractivity contribution in [1.82, 2.24) is 5.48 Å². The molecule has 0 amide bonds. The van der Waals surface area contributed by atoms with Gasteiger partial charge in [-0.05, 0) is 17.7 Å². The predicted octanol–water partition coefficient (Wildman–Crippen LogP) is 3.10. The average molecular weight is 315 g/mol. The molecule has 0 fully saturated rings. The van der Waals surface area contributed by atoms with E-state index in [-0.39, 0.29) is 12.1 Å². The Morgan fingerprint density at radius 1 is 1.13 bits per heavy atom. The lowest BCUT2D eigenvalue weighted by molar-refractivity contribution is -0.136. The second-order valence-corrected chi connectivity index (χ2v) is 4.78. The van der Waals surface area contributed by atoms with E-state index in [2.05, 4.69) is 5.48 Å². The molecule has 0 bridgehead atoms. The van der Waals surface area contributed by atoms with Crippen LogP contribution in [-0.2, 0) is 21.0 Å². The second-order valence-electron chi connectivity index (χ2n) is 4.78. The van der Waals surface area contributed by atoms with Crippen LogP contribution in [0.4, 0.5) is 4.39 Å². The Balaban J connectivity index is 1.97. The second kappa shape index (κ2) is 8.82. The molecule has 0 aliphatic carbocycles. The van der Waals surface area contributed by atoms with Gasteiger partial charge < -0.3 is 4.74 Å². The monoisotopic (exact) mass is 315 g/mol.